The van der Waals surface area contributed by atoms with E-state index in [2.05, 4.69) is 51.9 Å². The summed E-state index contributed by atoms with van der Waals surface area (Å²) in [6, 6.07) is 16.5. The molecule has 0 saturated carbocycles. The lowest BCUT2D eigenvalue weighted by molar-refractivity contribution is -0.908. The van der Waals surface area contributed by atoms with Crippen LogP contribution in [-0.4, -0.2) is 32.0 Å². The van der Waals surface area contributed by atoms with E-state index in [0.29, 0.717) is 6.42 Å². The van der Waals surface area contributed by atoms with Crippen molar-refractivity contribution in [1.29, 1.82) is 0 Å². The van der Waals surface area contributed by atoms with E-state index < -0.39 is 0 Å². The molecule has 0 aliphatic carbocycles. The zero-order chi connectivity index (χ0) is 20.8. The van der Waals surface area contributed by atoms with Crippen LogP contribution < -0.4 is 15.1 Å². The number of nitrogens with zero attached hydrogens (tertiary/aromatic N) is 2. The molecule has 3 aromatic rings. The van der Waals surface area contributed by atoms with Crippen molar-refractivity contribution in [3.63, 3.8) is 0 Å². The first-order chi connectivity index (χ1) is 13.9. The molecule has 0 bridgehead atoms. The number of amides is 1. The fourth-order valence-corrected chi connectivity index (χ4v) is 3.92. The lowest BCUT2D eigenvalue weighted by atomic mass is 10.2. The topological polar surface area (TPSA) is 49.7 Å². The van der Waals surface area contributed by atoms with Gasteiger partial charge in [0.1, 0.15) is 23.8 Å². The Hall–Kier alpha value is -2.70. The van der Waals surface area contributed by atoms with Gasteiger partial charge in [0.05, 0.1) is 13.5 Å². The fraction of sp³-hybridized carbons (Fsp3) is 0.304. The highest BCUT2D eigenvalue weighted by Gasteiger charge is 2.12. The molecule has 152 valence electrons. The van der Waals surface area contributed by atoms with Gasteiger partial charge in [-0.05, 0) is 31.2 Å². The second kappa shape index (κ2) is 9.67. The molecule has 3 rings (SSSR count). The summed E-state index contributed by atoms with van der Waals surface area (Å²) in [5.74, 6) is -0.0311. The maximum Gasteiger partial charge on any atom is 0.231 e. The van der Waals surface area contributed by atoms with Crippen LogP contribution in [0.25, 0.3) is 0 Å². The van der Waals surface area contributed by atoms with E-state index >= 15 is 0 Å². The van der Waals surface area contributed by atoms with Crippen molar-refractivity contribution < 1.29 is 9.69 Å². The zero-order valence-corrected chi connectivity index (χ0v) is 18.3. The molecule has 0 fully saturated rings. The van der Waals surface area contributed by atoms with Gasteiger partial charge in [-0.25, -0.2) is 4.98 Å². The molecule has 1 atom stereocenters. The Labute approximate surface area is 177 Å². The lowest BCUT2D eigenvalue weighted by Crippen LogP contribution is -3.06. The predicted octanol–water partition coefficient (Wildman–Crippen LogP) is 2.91. The maximum atomic E-state index is 12.3. The number of hydrogen-bond donors (Lipinski definition) is 2. The summed E-state index contributed by atoms with van der Waals surface area (Å²) < 4.78 is 0. The average molecular weight is 410 g/mol. The largest absolute Gasteiger partial charge is 0.378 e. The highest BCUT2D eigenvalue weighted by Crippen LogP contribution is 2.14. The highest BCUT2D eigenvalue weighted by atomic mass is 32.1. The number of aryl methyl sites for hydroxylation is 1. The summed E-state index contributed by atoms with van der Waals surface area (Å²) in [7, 11) is 6.27. The van der Waals surface area contributed by atoms with Crippen molar-refractivity contribution in [3.8, 4) is 0 Å². The molecular weight excluding hydrogens is 380 g/mol. The van der Waals surface area contributed by atoms with Gasteiger partial charge >= 0.3 is 0 Å². The van der Waals surface area contributed by atoms with Crippen LogP contribution in [0.2, 0.25) is 0 Å². The Morgan fingerprint density at radius 3 is 2.41 bits per heavy atom. The van der Waals surface area contributed by atoms with E-state index in [-0.39, 0.29) is 5.91 Å². The average Bonchev–Trinajstić information content (AvgIpc) is 3.10. The van der Waals surface area contributed by atoms with Crippen LogP contribution in [0.1, 0.15) is 21.8 Å². The molecule has 0 aliphatic heterocycles. The van der Waals surface area contributed by atoms with Crippen LogP contribution in [0.15, 0.2) is 53.9 Å². The lowest BCUT2D eigenvalue weighted by Gasteiger charge is -2.15. The Morgan fingerprint density at radius 2 is 1.76 bits per heavy atom. The summed E-state index contributed by atoms with van der Waals surface area (Å²) in [4.78, 5) is 20.4. The molecule has 1 aromatic heterocycles. The number of carbonyl (C=O) groups excluding carboxylic acids is 1. The molecule has 2 N–H and O–H groups in total. The minimum Gasteiger partial charge on any atom is -0.378 e. The van der Waals surface area contributed by atoms with Gasteiger partial charge in [0.25, 0.3) is 0 Å². The van der Waals surface area contributed by atoms with E-state index in [1.165, 1.54) is 21.7 Å². The summed E-state index contributed by atoms with van der Waals surface area (Å²) in [6.07, 6.45) is 0.309. The van der Waals surface area contributed by atoms with Crippen molar-refractivity contribution in [2.75, 3.05) is 31.4 Å². The van der Waals surface area contributed by atoms with Crippen molar-refractivity contribution >= 4 is 28.6 Å². The third-order valence-electron chi connectivity index (χ3n) is 4.69. The monoisotopic (exact) mass is 409 g/mol. The van der Waals surface area contributed by atoms with Gasteiger partial charge in [0.15, 0.2) is 0 Å². The number of quaternary nitrogens is 1. The second-order valence-corrected chi connectivity index (χ2v) is 8.64. The second-order valence-electron chi connectivity index (χ2n) is 7.70. The molecule has 0 radical (unpaired) electrons. The highest BCUT2D eigenvalue weighted by molar-refractivity contribution is 7.09. The third kappa shape index (κ3) is 6.41. The summed E-state index contributed by atoms with van der Waals surface area (Å²) >= 11 is 1.55. The van der Waals surface area contributed by atoms with Crippen LogP contribution in [0.4, 0.5) is 11.4 Å². The van der Waals surface area contributed by atoms with Crippen LogP contribution in [-0.2, 0) is 24.3 Å². The molecule has 29 heavy (non-hydrogen) atoms. The van der Waals surface area contributed by atoms with E-state index in [0.717, 1.165) is 29.5 Å². The molecule has 1 heterocycles. The van der Waals surface area contributed by atoms with Crippen LogP contribution in [0, 0.1) is 6.92 Å². The number of carbonyl (C=O) groups is 1. The quantitative estimate of drug-likeness (QED) is 0.601. The van der Waals surface area contributed by atoms with E-state index in [4.69, 9.17) is 0 Å². The number of benzene rings is 2. The standard InChI is InChI=1S/C23H28N4OS/c1-17-5-9-19(10-6-17)24-22(28)13-23-25-20(16-29-23)15-27(4)14-18-7-11-21(12-8-18)26(2)3/h5-12,16H,13-15H2,1-4H3,(H,24,28)/p+1. The van der Waals surface area contributed by atoms with Crippen LogP contribution in [0.5, 0.6) is 0 Å². The number of rotatable bonds is 8. The van der Waals surface area contributed by atoms with Gasteiger partial charge in [-0.15, -0.1) is 11.3 Å². The van der Waals surface area contributed by atoms with Gasteiger partial charge in [-0.2, -0.15) is 0 Å². The molecule has 0 spiro atoms. The van der Waals surface area contributed by atoms with E-state index in [1.807, 2.05) is 45.3 Å². The maximum absolute atomic E-state index is 12.3. The van der Waals surface area contributed by atoms with Gasteiger partial charge in [-0.1, -0.05) is 29.8 Å². The van der Waals surface area contributed by atoms with E-state index in [9.17, 15) is 4.79 Å². The number of anilines is 2. The summed E-state index contributed by atoms with van der Waals surface area (Å²) in [6.45, 7) is 3.81. The predicted molar refractivity (Wildman–Crippen MR) is 121 cm³/mol. The van der Waals surface area contributed by atoms with Crippen LogP contribution >= 0.6 is 11.3 Å². The van der Waals surface area contributed by atoms with Crippen molar-refractivity contribution in [2.45, 2.75) is 26.4 Å². The third-order valence-corrected chi connectivity index (χ3v) is 5.59. The molecule has 6 heteroatoms. The summed E-state index contributed by atoms with van der Waals surface area (Å²) in [5, 5.41) is 5.85. The van der Waals surface area contributed by atoms with Crippen molar-refractivity contribution in [2.24, 2.45) is 0 Å². The number of nitrogens with one attached hydrogen (secondary N) is 2. The Bertz CT molecular complexity index is 932. The Balaban J connectivity index is 1.50. The molecule has 0 aliphatic rings. The minimum atomic E-state index is -0.0311. The first kappa shape index (κ1) is 21.0. The minimum absolute atomic E-state index is 0.0311. The number of hydrogen-bond acceptors (Lipinski definition) is 4. The van der Waals surface area contributed by atoms with Gasteiger partial charge in [0.2, 0.25) is 5.91 Å². The summed E-state index contributed by atoms with van der Waals surface area (Å²) in [5.41, 5.74) is 5.55. The SMILES string of the molecule is Cc1ccc(NC(=O)Cc2nc(C[NH+](C)Cc3ccc(N(C)C)cc3)cs2)cc1. The molecular formula is C23H29N4OS+. The first-order valence-corrected chi connectivity index (χ1v) is 10.6. The zero-order valence-electron chi connectivity index (χ0n) is 17.5. The molecule has 0 saturated heterocycles. The van der Waals surface area contributed by atoms with E-state index in [1.54, 1.807) is 11.3 Å². The smallest absolute Gasteiger partial charge is 0.231 e. The molecule has 1 unspecified atom stereocenters. The van der Waals surface area contributed by atoms with Gasteiger partial charge in [0, 0.05) is 36.4 Å². The van der Waals surface area contributed by atoms with Crippen molar-refractivity contribution in [3.05, 3.63) is 75.7 Å². The molecule has 1 amide bonds. The molecule has 5 nitrogen and oxygen atoms in total. The normalized spacial score (nSPS) is 11.9. The number of thiazole rings is 1. The fourth-order valence-electron chi connectivity index (χ4n) is 3.12. The van der Waals surface area contributed by atoms with Crippen LogP contribution in [0.3, 0.4) is 0 Å². The van der Waals surface area contributed by atoms with Gasteiger partial charge < -0.3 is 15.1 Å². The Morgan fingerprint density at radius 1 is 1.07 bits per heavy atom. The number of aromatic nitrogens is 1. The Kier molecular flexibility index (Phi) is 7.01. The molecule has 2 aromatic carbocycles. The first-order valence-electron chi connectivity index (χ1n) is 9.76. The van der Waals surface area contributed by atoms with Crippen molar-refractivity contribution in [1.82, 2.24) is 4.98 Å². The van der Waals surface area contributed by atoms with Gasteiger partial charge in [-0.3, -0.25) is 4.79 Å².